The van der Waals surface area contributed by atoms with Crippen LogP contribution < -0.4 is 0 Å². The van der Waals surface area contributed by atoms with E-state index in [2.05, 4.69) is 13.2 Å². The maximum absolute atomic E-state index is 11.4. The van der Waals surface area contributed by atoms with Crippen molar-refractivity contribution in [1.82, 2.24) is 0 Å². The van der Waals surface area contributed by atoms with Gasteiger partial charge >= 0.3 is 11.9 Å². The van der Waals surface area contributed by atoms with E-state index in [1.165, 1.54) is 13.8 Å². The fourth-order valence-corrected chi connectivity index (χ4v) is 1.96. The Morgan fingerprint density at radius 1 is 0.893 bits per heavy atom. The van der Waals surface area contributed by atoms with Crippen molar-refractivity contribution in [3.05, 3.63) is 61.2 Å². The predicted octanol–water partition coefficient (Wildman–Crippen LogP) is 3.65. The molecule has 0 aromatic heterocycles. The van der Waals surface area contributed by atoms with E-state index in [0.717, 1.165) is 37.8 Å². The number of Topliss-reactive ketones (excluding diaryl/α,β-unsaturated/α-hetero) is 1. The molecule has 6 nitrogen and oxygen atoms in total. The topological polar surface area (TPSA) is 89.9 Å². The van der Waals surface area contributed by atoms with Crippen LogP contribution in [-0.4, -0.2) is 41.6 Å². The first-order valence-corrected chi connectivity index (χ1v) is 9.13. The first-order chi connectivity index (χ1) is 13.2. The van der Waals surface area contributed by atoms with E-state index in [9.17, 15) is 19.5 Å². The van der Waals surface area contributed by atoms with Crippen molar-refractivity contribution >= 4 is 17.7 Å². The van der Waals surface area contributed by atoms with Gasteiger partial charge in [-0.15, -0.1) is 0 Å². The molecule has 0 unspecified atom stereocenters. The summed E-state index contributed by atoms with van der Waals surface area (Å²) in [6, 6.07) is 8.78. The van der Waals surface area contributed by atoms with E-state index in [0.29, 0.717) is 18.8 Å². The van der Waals surface area contributed by atoms with Gasteiger partial charge in [-0.3, -0.25) is 4.79 Å². The summed E-state index contributed by atoms with van der Waals surface area (Å²) in [6.45, 7) is 10.4. The highest BCUT2D eigenvalue weighted by Crippen LogP contribution is 2.11. The molecule has 0 saturated carbocycles. The number of hydrogen-bond acceptors (Lipinski definition) is 6. The zero-order chi connectivity index (χ0) is 21.4. The standard InChI is InChI=1S/C12H18O4.C10H12O2/c1-3-11(13)15-9-7-5-6-8-10-16-12(14)4-2;1-10(2,12)9(11)8-6-4-3-5-7-8/h3-4H,1-2,5-10H2;3-7,12H,1-2H3. The summed E-state index contributed by atoms with van der Waals surface area (Å²) in [6.07, 6.45) is 5.81. The molecule has 0 aliphatic heterocycles. The molecule has 0 bridgehead atoms. The maximum atomic E-state index is 11.4. The lowest BCUT2D eigenvalue weighted by molar-refractivity contribution is -0.139. The molecule has 154 valence electrons. The minimum absolute atomic E-state index is 0.247. The lowest BCUT2D eigenvalue weighted by Crippen LogP contribution is -2.30. The number of ketones is 1. The van der Waals surface area contributed by atoms with Crippen LogP contribution in [0.2, 0.25) is 0 Å². The third kappa shape index (κ3) is 12.6. The second kappa shape index (κ2) is 14.3. The van der Waals surface area contributed by atoms with Crippen LogP contribution in [0.15, 0.2) is 55.6 Å². The van der Waals surface area contributed by atoms with Crippen molar-refractivity contribution in [1.29, 1.82) is 0 Å². The van der Waals surface area contributed by atoms with Gasteiger partial charge in [0.15, 0.2) is 5.78 Å². The van der Waals surface area contributed by atoms with Gasteiger partial charge in [-0.25, -0.2) is 9.59 Å². The van der Waals surface area contributed by atoms with Gasteiger partial charge in [0.1, 0.15) is 5.60 Å². The van der Waals surface area contributed by atoms with Crippen LogP contribution in [0.4, 0.5) is 0 Å². The summed E-state index contributed by atoms with van der Waals surface area (Å²) >= 11 is 0. The monoisotopic (exact) mass is 390 g/mol. The minimum Gasteiger partial charge on any atom is -0.463 e. The van der Waals surface area contributed by atoms with Gasteiger partial charge in [0.25, 0.3) is 0 Å². The lowest BCUT2D eigenvalue weighted by Gasteiger charge is -2.14. The summed E-state index contributed by atoms with van der Waals surface area (Å²) in [5.41, 5.74) is -0.730. The molecular weight excluding hydrogens is 360 g/mol. The van der Waals surface area contributed by atoms with Crippen molar-refractivity contribution in [2.24, 2.45) is 0 Å². The Morgan fingerprint density at radius 2 is 1.32 bits per heavy atom. The van der Waals surface area contributed by atoms with Crippen LogP contribution in [0.25, 0.3) is 0 Å². The van der Waals surface area contributed by atoms with Gasteiger partial charge < -0.3 is 14.6 Å². The van der Waals surface area contributed by atoms with Crippen LogP contribution in [0.5, 0.6) is 0 Å². The lowest BCUT2D eigenvalue weighted by atomic mass is 9.97. The summed E-state index contributed by atoms with van der Waals surface area (Å²) in [7, 11) is 0. The first kappa shape index (κ1) is 25.3. The van der Waals surface area contributed by atoms with Crippen molar-refractivity contribution in [3.63, 3.8) is 0 Å². The highest BCUT2D eigenvalue weighted by Gasteiger charge is 2.24. The smallest absolute Gasteiger partial charge is 0.330 e. The van der Waals surface area contributed by atoms with E-state index in [4.69, 9.17) is 9.47 Å². The normalized spacial score (nSPS) is 10.1. The number of carbonyl (C=O) groups is 3. The molecule has 28 heavy (non-hydrogen) atoms. The Kier molecular flexibility index (Phi) is 12.9. The Labute approximate surface area is 166 Å². The van der Waals surface area contributed by atoms with Gasteiger partial charge in [-0.05, 0) is 39.5 Å². The van der Waals surface area contributed by atoms with Gasteiger partial charge in [-0.2, -0.15) is 0 Å². The molecule has 0 spiro atoms. The molecule has 0 heterocycles. The highest BCUT2D eigenvalue weighted by atomic mass is 16.5. The quantitative estimate of drug-likeness (QED) is 0.268. The van der Waals surface area contributed by atoms with Crippen molar-refractivity contribution in [3.8, 4) is 0 Å². The molecule has 0 saturated heterocycles. The molecule has 0 aliphatic rings. The van der Waals surface area contributed by atoms with Crippen LogP contribution in [-0.2, 0) is 19.1 Å². The Morgan fingerprint density at radius 3 is 1.68 bits per heavy atom. The van der Waals surface area contributed by atoms with E-state index in [1.807, 2.05) is 6.07 Å². The number of aliphatic hydroxyl groups is 1. The number of rotatable bonds is 11. The highest BCUT2D eigenvalue weighted by molar-refractivity contribution is 6.01. The van der Waals surface area contributed by atoms with Crippen molar-refractivity contribution < 1.29 is 29.0 Å². The molecule has 0 fully saturated rings. The zero-order valence-electron chi connectivity index (χ0n) is 16.7. The number of benzene rings is 1. The zero-order valence-corrected chi connectivity index (χ0v) is 16.7. The number of unbranched alkanes of at least 4 members (excludes halogenated alkanes) is 3. The largest absolute Gasteiger partial charge is 0.463 e. The van der Waals surface area contributed by atoms with Crippen LogP contribution in [0, 0.1) is 0 Å². The fraction of sp³-hybridized carbons (Fsp3) is 0.409. The average Bonchev–Trinajstić information content (AvgIpc) is 2.69. The van der Waals surface area contributed by atoms with E-state index < -0.39 is 5.60 Å². The van der Waals surface area contributed by atoms with Crippen LogP contribution in [0.1, 0.15) is 49.9 Å². The average molecular weight is 390 g/mol. The van der Waals surface area contributed by atoms with Gasteiger partial charge in [0.2, 0.25) is 0 Å². The molecule has 6 heteroatoms. The summed E-state index contributed by atoms with van der Waals surface area (Å²) in [5, 5.41) is 9.39. The van der Waals surface area contributed by atoms with Crippen LogP contribution >= 0.6 is 0 Å². The van der Waals surface area contributed by atoms with E-state index in [-0.39, 0.29) is 17.7 Å². The molecule has 1 aromatic carbocycles. The third-order valence-electron chi connectivity index (χ3n) is 3.45. The number of esters is 2. The molecule has 0 atom stereocenters. The Bertz CT molecular complexity index is 602. The fourth-order valence-electron chi connectivity index (χ4n) is 1.96. The molecule has 0 aliphatic carbocycles. The second-order valence-electron chi connectivity index (χ2n) is 6.41. The first-order valence-electron chi connectivity index (χ1n) is 9.13. The number of hydrogen-bond donors (Lipinski definition) is 1. The molecular formula is C22H30O6. The second-order valence-corrected chi connectivity index (χ2v) is 6.41. The molecule has 0 radical (unpaired) electrons. The van der Waals surface area contributed by atoms with Gasteiger partial charge in [0.05, 0.1) is 13.2 Å². The number of ether oxygens (including phenoxy) is 2. The van der Waals surface area contributed by atoms with E-state index in [1.54, 1.807) is 24.3 Å². The third-order valence-corrected chi connectivity index (χ3v) is 3.45. The minimum atomic E-state index is -1.28. The van der Waals surface area contributed by atoms with Gasteiger partial charge in [0, 0.05) is 17.7 Å². The summed E-state index contributed by atoms with van der Waals surface area (Å²) in [4.78, 5) is 32.7. The summed E-state index contributed by atoms with van der Waals surface area (Å²) in [5.74, 6) is -1.03. The maximum Gasteiger partial charge on any atom is 0.330 e. The predicted molar refractivity (Wildman–Crippen MR) is 108 cm³/mol. The Balaban J connectivity index is 0.000000540. The van der Waals surface area contributed by atoms with Crippen molar-refractivity contribution in [2.45, 2.75) is 45.1 Å². The SMILES string of the molecule is C=CC(=O)OCCCCCCOC(=O)C=C.CC(C)(O)C(=O)c1ccccc1. The molecule has 1 rings (SSSR count). The molecule has 1 aromatic rings. The number of carbonyl (C=O) groups excluding carboxylic acids is 3. The van der Waals surface area contributed by atoms with E-state index >= 15 is 0 Å². The summed E-state index contributed by atoms with van der Waals surface area (Å²) < 4.78 is 9.60. The molecule has 1 N–H and O–H groups in total. The Hall–Kier alpha value is -2.73. The van der Waals surface area contributed by atoms with Crippen LogP contribution in [0.3, 0.4) is 0 Å². The van der Waals surface area contributed by atoms with Gasteiger partial charge in [-0.1, -0.05) is 43.5 Å². The molecule has 0 amide bonds. The van der Waals surface area contributed by atoms with Crippen molar-refractivity contribution in [2.75, 3.05) is 13.2 Å².